The zero-order valence-corrected chi connectivity index (χ0v) is 12.5. The minimum Gasteiger partial charge on any atom is -0.348 e. The normalized spacial score (nSPS) is 18.7. The molecule has 0 amide bonds. The van der Waals surface area contributed by atoms with E-state index in [0.717, 1.165) is 17.8 Å². The molecule has 1 unspecified atom stereocenters. The Balaban J connectivity index is 2.29. The van der Waals surface area contributed by atoms with Gasteiger partial charge in [-0.2, -0.15) is 0 Å². The Morgan fingerprint density at radius 1 is 1.50 bits per heavy atom. The maximum atomic E-state index is 12.0. The van der Waals surface area contributed by atoms with Gasteiger partial charge in [0.15, 0.2) is 5.78 Å². The number of hydrogen-bond acceptors (Lipinski definition) is 1. The van der Waals surface area contributed by atoms with Crippen molar-refractivity contribution in [3.63, 3.8) is 0 Å². The number of nitrogens with zero attached hydrogens (tertiary/aromatic N) is 1. The van der Waals surface area contributed by atoms with Crippen molar-refractivity contribution >= 4 is 17.4 Å². The highest BCUT2D eigenvalue weighted by molar-refractivity contribution is 6.33. The van der Waals surface area contributed by atoms with Crippen molar-refractivity contribution in [1.29, 1.82) is 0 Å². The van der Waals surface area contributed by atoms with Crippen LogP contribution < -0.4 is 0 Å². The second kappa shape index (κ2) is 4.73. The summed E-state index contributed by atoms with van der Waals surface area (Å²) in [5.74, 6) is 0.0392. The zero-order valence-electron chi connectivity index (χ0n) is 11.7. The van der Waals surface area contributed by atoms with Crippen LogP contribution in [0.5, 0.6) is 0 Å². The van der Waals surface area contributed by atoms with Crippen LogP contribution in [0.3, 0.4) is 0 Å². The van der Waals surface area contributed by atoms with E-state index in [9.17, 15) is 4.79 Å². The molecule has 0 bridgehead atoms. The van der Waals surface area contributed by atoms with Gasteiger partial charge in [-0.15, -0.1) is 11.6 Å². The number of carbonyl (C=O) groups excluding carboxylic acids is 1. The van der Waals surface area contributed by atoms with Gasteiger partial charge in [-0.3, -0.25) is 4.79 Å². The molecule has 100 valence electrons. The Bertz CT molecular complexity index is 469. The fraction of sp³-hybridized carbons (Fsp3) is 0.667. The average Bonchev–Trinajstić information content (AvgIpc) is 3.06. The van der Waals surface area contributed by atoms with Crippen LogP contribution in [0.15, 0.2) is 6.07 Å². The lowest BCUT2D eigenvalue weighted by Crippen LogP contribution is -2.15. The van der Waals surface area contributed by atoms with Crippen molar-refractivity contribution in [1.82, 2.24) is 4.57 Å². The van der Waals surface area contributed by atoms with Gasteiger partial charge in [-0.25, -0.2) is 0 Å². The minimum atomic E-state index is -0.444. The predicted octanol–water partition coefficient (Wildman–Crippen LogP) is 4.11. The molecule has 3 heteroatoms. The molecule has 0 aromatic carbocycles. The largest absolute Gasteiger partial charge is 0.348 e. The van der Waals surface area contributed by atoms with Gasteiger partial charge in [0.1, 0.15) is 0 Å². The molecule has 0 spiro atoms. The fourth-order valence-electron chi connectivity index (χ4n) is 2.64. The molecule has 2 nitrogen and oxygen atoms in total. The molecule has 2 rings (SSSR count). The van der Waals surface area contributed by atoms with E-state index in [1.54, 1.807) is 6.92 Å². The van der Waals surface area contributed by atoms with Gasteiger partial charge >= 0.3 is 0 Å². The van der Waals surface area contributed by atoms with Gasteiger partial charge < -0.3 is 4.57 Å². The Morgan fingerprint density at radius 3 is 2.56 bits per heavy atom. The van der Waals surface area contributed by atoms with Crippen LogP contribution in [-0.4, -0.2) is 15.7 Å². The van der Waals surface area contributed by atoms with Crippen LogP contribution in [0.4, 0.5) is 0 Å². The first-order chi connectivity index (χ1) is 8.40. The van der Waals surface area contributed by atoms with Crippen molar-refractivity contribution in [2.24, 2.45) is 5.41 Å². The molecule has 1 atom stereocenters. The Labute approximate surface area is 114 Å². The third kappa shape index (κ3) is 2.35. The average molecular weight is 268 g/mol. The number of rotatable bonds is 5. The third-order valence-electron chi connectivity index (χ3n) is 4.40. The molecule has 1 aliphatic rings. The van der Waals surface area contributed by atoms with Crippen LogP contribution in [0.1, 0.15) is 54.9 Å². The SMILES string of the molecule is CCC1(Cn2c(C)cc(C(=O)C(C)Cl)c2C)CC1. The number of aryl methyl sites for hydroxylation is 1. The molecule has 1 aliphatic carbocycles. The van der Waals surface area contributed by atoms with Gasteiger partial charge in [-0.1, -0.05) is 6.92 Å². The summed E-state index contributed by atoms with van der Waals surface area (Å²) in [5, 5.41) is -0.444. The number of aromatic nitrogens is 1. The zero-order chi connectivity index (χ0) is 13.5. The van der Waals surface area contributed by atoms with Crippen molar-refractivity contribution in [3.05, 3.63) is 23.0 Å². The van der Waals surface area contributed by atoms with Gasteiger partial charge in [-0.05, 0) is 51.5 Å². The first-order valence-electron chi connectivity index (χ1n) is 6.75. The molecule has 0 radical (unpaired) electrons. The molecule has 0 saturated heterocycles. The monoisotopic (exact) mass is 267 g/mol. The smallest absolute Gasteiger partial charge is 0.182 e. The van der Waals surface area contributed by atoms with Gasteiger partial charge in [0.2, 0.25) is 0 Å². The second-order valence-corrected chi connectivity index (χ2v) is 6.36. The number of alkyl halides is 1. The Hall–Kier alpha value is -0.760. The number of ketones is 1. The van der Waals surface area contributed by atoms with E-state index in [1.165, 1.54) is 25.0 Å². The van der Waals surface area contributed by atoms with Crippen molar-refractivity contribution in [2.75, 3.05) is 0 Å². The van der Waals surface area contributed by atoms with E-state index >= 15 is 0 Å². The summed E-state index contributed by atoms with van der Waals surface area (Å²) in [4.78, 5) is 12.0. The maximum Gasteiger partial charge on any atom is 0.182 e. The topological polar surface area (TPSA) is 22.0 Å². The molecule has 1 aromatic rings. The van der Waals surface area contributed by atoms with Gasteiger partial charge in [0.05, 0.1) is 5.38 Å². The highest BCUT2D eigenvalue weighted by Gasteiger charge is 2.41. The summed E-state index contributed by atoms with van der Waals surface area (Å²) in [6, 6.07) is 1.99. The van der Waals surface area contributed by atoms with Crippen LogP contribution in [-0.2, 0) is 6.54 Å². The Morgan fingerprint density at radius 2 is 2.11 bits per heavy atom. The van der Waals surface area contributed by atoms with E-state index in [2.05, 4.69) is 18.4 Å². The van der Waals surface area contributed by atoms with E-state index in [-0.39, 0.29) is 5.78 Å². The highest BCUT2D eigenvalue weighted by atomic mass is 35.5. The number of carbonyl (C=O) groups is 1. The van der Waals surface area contributed by atoms with E-state index in [4.69, 9.17) is 11.6 Å². The third-order valence-corrected chi connectivity index (χ3v) is 4.60. The lowest BCUT2D eigenvalue weighted by Gasteiger charge is -2.17. The molecule has 0 aliphatic heterocycles. The lowest BCUT2D eigenvalue weighted by atomic mass is 10.0. The summed E-state index contributed by atoms with van der Waals surface area (Å²) in [7, 11) is 0. The first-order valence-corrected chi connectivity index (χ1v) is 7.19. The quantitative estimate of drug-likeness (QED) is 0.581. The van der Waals surface area contributed by atoms with E-state index in [1.807, 2.05) is 13.0 Å². The number of hydrogen-bond donors (Lipinski definition) is 0. The molecule has 18 heavy (non-hydrogen) atoms. The summed E-state index contributed by atoms with van der Waals surface area (Å²) < 4.78 is 2.29. The molecule has 1 fully saturated rings. The van der Waals surface area contributed by atoms with E-state index < -0.39 is 5.38 Å². The standard InChI is InChI=1S/C15H22ClNO/c1-5-15(6-7-15)9-17-10(2)8-13(12(17)4)14(18)11(3)16/h8,11H,5-7,9H2,1-4H3. The van der Waals surface area contributed by atoms with Crippen molar-refractivity contribution in [2.45, 2.75) is 58.9 Å². The first kappa shape index (κ1) is 13.7. The highest BCUT2D eigenvalue weighted by Crippen LogP contribution is 2.50. The molecule has 1 heterocycles. The van der Waals surface area contributed by atoms with E-state index in [0.29, 0.717) is 5.41 Å². The summed E-state index contributed by atoms with van der Waals surface area (Å²) in [6.45, 7) is 9.16. The van der Waals surface area contributed by atoms with Crippen molar-refractivity contribution in [3.8, 4) is 0 Å². The summed E-state index contributed by atoms with van der Waals surface area (Å²) in [6.07, 6.45) is 3.85. The van der Waals surface area contributed by atoms with Gasteiger partial charge in [0, 0.05) is 23.5 Å². The molecular formula is C15H22ClNO. The van der Waals surface area contributed by atoms with Crippen LogP contribution >= 0.6 is 11.6 Å². The molecule has 1 aromatic heterocycles. The Kier molecular flexibility index (Phi) is 3.59. The fourth-order valence-corrected chi connectivity index (χ4v) is 2.76. The number of halogens is 1. The summed E-state index contributed by atoms with van der Waals surface area (Å²) >= 11 is 5.91. The lowest BCUT2D eigenvalue weighted by molar-refractivity contribution is 0.0991. The second-order valence-electron chi connectivity index (χ2n) is 5.70. The van der Waals surface area contributed by atoms with Crippen LogP contribution in [0.25, 0.3) is 0 Å². The van der Waals surface area contributed by atoms with Crippen LogP contribution in [0, 0.1) is 19.3 Å². The van der Waals surface area contributed by atoms with Crippen LogP contribution in [0.2, 0.25) is 0 Å². The minimum absolute atomic E-state index is 0.0392. The summed E-state index contributed by atoms with van der Waals surface area (Å²) in [5.41, 5.74) is 3.53. The van der Waals surface area contributed by atoms with Crippen molar-refractivity contribution < 1.29 is 4.79 Å². The maximum absolute atomic E-state index is 12.0. The molecule has 0 N–H and O–H groups in total. The molecular weight excluding hydrogens is 246 g/mol. The predicted molar refractivity (Wildman–Crippen MR) is 75.5 cm³/mol. The van der Waals surface area contributed by atoms with Gasteiger partial charge in [0.25, 0.3) is 0 Å². The number of Topliss-reactive ketones (excluding diaryl/α,β-unsaturated/α-hetero) is 1. The molecule has 1 saturated carbocycles.